The first-order valence-electron chi connectivity index (χ1n) is 8.44. The Balaban J connectivity index is 1.99. The van der Waals surface area contributed by atoms with Gasteiger partial charge in [-0.3, -0.25) is 4.79 Å². The number of carbonyl (C=O) groups excluding carboxylic acids is 2. The van der Waals surface area contributed by atoms with Gasteiger partial charge in [-0.25, -0.2) is 13.6 Å². The Morgan fingerprint density at radius 3 is 2.46 bits per heavy atom. The van der Waals surface area contributed by atoms with E-state index in [1.807, 2.05) is 26.0 Å². The fraction of sp³-hybridized carbons (Fsp3) is 0.190. The highest BCUT2D eigenvalue weighted by molar-refractivity contribution is 6.00. The first-order valence-corrected chi connectivity index (χ1v) is 8.44. The molecule has 144 valence electrons. The lowest BCUT2D eigenvalue weighted by atomic mass is 10.0. The van der Waals surface area contributed by atoms with Crippen LogP contribution in [-0.2, 0) is 14.3 Å². The summed E-state index contributed by atoms with van der Waals surface area (Å²) in [5, 5.41) is 11.3. The van der Waals surface area contributed by atoms with Gasteiger partial charge >= 0.3 is 5.97 Å². The third-order valence-electron chi connectivity index (χ3n) is 3.79. The van der Waals surface area contributed by atoms with Crippen LogP contribution in [0.2, 0.25) is 0 Å². The molecule has 0 unspecified atom stereocenters. The van der Waals surface area contributed by atoms with E-state index in [2.05, 4.69) is 5.32 Å². The Labute approximate surface area is 161 Å². The molecule has 7 heteroatoms. The van der Waals surface area contributed by atoms with Gasteiger partial charge in [0.1, 0.15) is 23.3 Å². The van der Waals surface area contributed by atoms with Crippen LogP contribution in [0.25, 0.3) is 6.08 Å². The largest absolute Gasteiger partial charge is 0.451 e. The molecule has 0 aliphatic heterocycles. The highest BCUT2D eigenvalue weighted by atomic mass is 19.1. The number of nitrogens with one attached hydrogen (secondary N) is 1. The molecule has 0 atom stereocenters. The van der Waals surface area contributed by atoms with Crippen molar-refractivity contribution in [1.29, 1.82) is 5.26 Å². The monoisotopic (exact) mass is 384 g/mol. The lowest BCUT2D eigenvalue weighted by molar-refractivity contribution is -0.142. The molecular formula is C21H18F2N2O3. The number of nitriles is 1. The van der Waals surface area contributed by atoms with Crippen LogP contribution < -0.4 is 5.32 Å². The maximum atomic E-state index is 13.5. The van der Waals surface area contributed by atoms with E-state index in [0.29, 0.717) is 11.5 Å². The summed E-state index contributed by atoms with van der Waals surface area (Å²) in [6.07, 6.45) is 1.34. The van der Waals surface area contributed by atoms with Crippen molar-refractivity contribution in [2.24, 2.45) is 0 Å². The first-order chi connectivity index (χ1) is 13.3. The summed E-state index contributed by atoms with van der Waals surface area (Å²) in [6.45, 7) is 3.34. The molecular weight excluding hydrogens is 366 g/mol. The van der Waals surface area contributed by atoms with E-state index in [9.17, 15) is 18.4 Å². The SMILES string of the molecule is CC(C)c1ccc(/C=C(\C#N)C(=O)OCC(=O)Nc2cc(F)ccc2F)cc1. The van der Waals surface area contributed by atoms with Crippen molar-refractivity contribution < 1.29 is 23.1 Å². The smallest absolute Gasteiger partial charge is 0.349 e. The van der Waals surface area contributed by atoms with Gasteiger partial charge in [0.15, 0.2) is 6.61 Å². The Morgan fingerprint density at radius 2 is 1.86 bits per heavy atom. The quantitative estimate of drug-likeness (QED) is 0.460. The molecule has 0 bridgehead atoms. The number of ether oxygens (including phenoxy) is 1. The molecule has 0 heterocycles. The van der Waals surface area contributed by atoms with Gasteiger partial charge in [0.25, 0.3) is 5.91 Å². The highest BCUT2D eigenvalue weighted by Gasteiger charge is 2.14. The molecule has 2 rings (SSSR count). The highest BCUT2D eigenvalue weighted by Crippen LogP contribution is 2.17. The second kappa shape index (κ2) is 9.42. The van der Waals surface area contributed by atoms with E-state index in [4.69, 9.17) is 10.00 Å². The van der Waals surface area contributed by atoms with Crippen LogP contribution in [0.3, 0.4) is 0 Å². The number of nitrogens with zero attached hydrogens (tertiary/aromatic N) is 1. The fourth-order valence-corrected chi connectivity index (χ4v) is 2.27. The maximum Gasteiger partial charge on any atom is 0.349 e. The molecule has 2 aromatic rings. The van der Waals surface area contributed by atoms with E-state index >= 15 is 0 Å². The van der Waals surface area contributed by atoms with Crippen LogP contribution in [-0.4, -0.2) is 18.5 Å². The number of rotatable bonds is 6. The molecule has 0 spiro atoms. The summed E-state index contributed by atoms with van der Waals surface area (Å²) in [4.78, 5) is 23.8. The summed E-state index contributed by atoms with van der Waals surface area (Å²) in [5.74, 6) is -3.07. The molecule has 0 aliphatic carbocycles. The molecule has 0 radical (unpaired) electrons. The summed E-state index contributed by atoms with van der Waals surface area (Å²) in [6, 6.07) is 11.6. The number of halogens is 2. The van der Waals surface area contributed by atoms with Crippen molar-refractivity contribution >= 4 is 23.6 Å². The van der Waals surface area contributed by atoms with Gasteiger partial charge in [0.05, 0.1) is 5.69 Å². The van der Waals surface area contributed by atoms with Gasteiger partial charge in [-0.2, -0.15) is 5.26 Å². The zero-order chi connectivity index (χ0) is 20.7. The molecule has 0 aromatic heterocycles. The Bertz CT molecular complexity index is 945. The topological polar surface area (TPSA) is 79.2 Å². The number of hydrogen-bond donors (Lipinski definition) is 1. The molecule has 28 heavy (non-hydrogen) atoms. The second-order valence-corrected chi connectivity index (χ2v) is 6.24. The van der Waals surface area contributed by atoms with Crippen LogP contribution in [0, 0.1) is 23.0 Å². The zero-order valence-corrected chi connectivity index (χ0v) is 15.3. The van der Waals surface area contributed by atoms with Crippen LogP contribution in [0.4, 0.5) is 14.5 Å². The fourth-order valence-electron chi connectivity index (χ4n) is 2.27. The third-order valence-corrected chi connectivity index (χ3v) is 3.79. The number of esters is 1. The number of amides is 1. The molecule has 0 aliphatic rings. The number of anilines is 1. The summed E-state index contributed by atoms with van der Waals surface area (Å²) in [7, 11) is 0. The predicted octanol–water partition coefficient (Wildman–Crippen LogP) is 4.18. The normalized spacial score (nSPS) is 11.1. The summed E-state index contributed by atoms with van der Waals surface area (Å²) >= 11 is 0. The Hall–Kier alpha value is -3.53. The second-order valence-electron chi connectivity index (χ2n) is 6.24. The third kappa shape index (κ3) is 5.74. The van der Waals surface area contributed by atoms with Crippen LogP contribution in [0.15, 0.2) is 48.0 Å². The molecule has 1 N–H and O–H groups in total. The van der Waals surface area contributed by atoms with Gasteiger partial charge in [-0.1, -0.05) is 38.1 Å². The van der Waals surface area contributed by atoms with Crippen molar-refractivity contribution in [2.45, 2.75) is 19.8 Å². The lowest BCUT2D eigenvalue weighted by Crippen LogP contribution is -2.22. The first kappa shape index (κ1) is 20.8. The van der Waals surface area contributed by atoms with Gasteiger partial charge in [-0.15, -0.1) is 0 Å². The molecule has 1 amide bonds. The standard InChI is InChI=1S/C21H18F2N2O3/c1-13(2)15-5-3-14(4-6-15)9-16(11-24)21(27)28-12-20(26)25-19-10-17(22)7-8-18(19)23/h3-10,13H,12H2,1-2H3,(H,25,26)/b16-9+. The van der Waals surface area contributed by atoms with E-state index < -0.39 is 30.1 Å². The van der Waals surface area contributed by atoms with Crippen LogP contribution >= 0.6 is 0 Å². The van der Waals surface area contributed by atoms with Crippen molar-refractivity contribution in [2.75, 3.05) is 11.9 Å². The molecule has 0 saturated heterocycles. The van der Waals surface area contributed by atoms with Gasteiger partial charge < -0.3 is 10.1 Å². The minimum atomic E-state index is -0.995. The van der Waals surface area contributed by atoms with E-state index in [1.165, 1.54) is 6.08 Å². The van der Waals surface area contributed by atoms with Gasteiger partial charge in [0.2, 0.25) is 0 Å². The van der Waals surface area contributed by atoms with Crippen LogP contribution in [0.5, 0.6) is 0 Å². The van der Waals surface area contributed by atoms with Crippen molar-refractivity contribution in [3.8, 4) is 6.07 Å². The number of carbonyl (C=O) groups is 2. The lowest BCUT2D eigenvalue weighted by Gasteiger charge is -2.07. The number of hydrogen-bond acceptors (Lipinski definition) is 4. The Morgan fingerprint density at radius 1 is 1.18 bits per heavy atom. The minimum absolute atomic E-state index is 0.290. The summed E-state index contributed by atoms with van der Waals surface area (Å²) in [5.41, 5.74) is 1.08. The van der Waals surface area contributed by atoms with E-state index in [-0.39, 0.29) is 11.3 Å². The predicted molar refractivity (Wildman–Crippen MR) is 100 cm³/mol. The van der Waals surface area contributed by atoms with Gasteiger partial charge in [0, 0.05) is 6.07 Å². The molecule has 2 aromatic carbocycles. The average Bonchev–Trinajstić information content (AvgIpc) is 2.67. The average molecular weight is 384 g/mol. The number of benzene rings is 2. The van der Waals surface area contributed by atoms with Gasteiger partial charge in [-0.05, 0) is 35.3 Å². The molecule has 0 fully saturated rings. The Kier molecular flexibility index (Phi) is 6.99. The zero-order valence-electron chi connectivity index (χ0n) is 15.3. The molecule has 5 nitrogen and oxygen atoms in total. The minimum Gasteiger partial charge on any atom is -0.451 e. The maximum absolute atomic E-state index is 13.5. The van der Waals surface area contributed by atoms with Crippen LogP contribution in [0.1, 0.15) is 30.9 Å². The molecule has 0 saturated carbocycles. The van der Waals surface area contributed by atoms with E-state index in [1.54, 1.807) is 18.2 Å². The van der Waals surface area contributed by atoms with Crippen molar-refractivity contribution in [3.05, 3.63) is 70.8 Å². The van der Waals surface area contributed by atoms with Crippen molar-refractivity contribution in [3.63, 3.8) is 0 Å². The van der Waals surface area contributed by atoms with Crippen molar-refractivity contribution in [1.82, 2.24) is 0 Å². The van der Waals surface area contributed by atoms with E-state index in [0.717, 1.165) is 23.8 Å². The summed E-state index contributed by atoms with van der Waals surface area (Å²) < 4.78 is 31.4.